The highest BCUT2D eigenvalue weighted by atomic mass is 127. The maximum atomic E-state index is 6.13. The van der Waals surface area contributed by atoms with E-state index in [9.17, 15) is 0 Å². The van der Waals surface area contributed by atoms with Gasteiger partial charge in [-0.3, -0.25) is 4.99 Å². The van der Waals surface area contributed by atoms with Crippen LogP contribution in [0.25, 0.3) is 0 Å². The monoisotopic (exact) mass is 424 g/mol. The molecule has 0 fully saturated rings. The average Bonchev–Trinajstić information content (AvgIpc) is 2.43. The summed E-state index contributed by atoms with van der Waals surface area (Å²) in [5, 5.41) is 7.43. The first-order valence-electron chi connectivity index (χ1n) is 6.96. The second kappa shape index (κ2) is 12.1. The second-order valence-electron chi connectivity index (χ2n) is 4.92. The summed E-state index contributed by atoms with van der Waals surface area (Å²) in [5.74, 6) is 0.843. The summed E-state index contributed by atoms with van der Waals surface area (Å²) < 4.78 is 0. The summed E-state index contributed by atoms with van der Waals surface area (Å²) in [4.78, 5) is 6.38. The topological polar surface area (TPSA) is 39.7 Å². The first-order chi connectivity index (χ1) is 9.63. The minimum atomic E-state index is 0. The number of hydrogen-bond donors (Lipinski definition) is 2. The Morgan fingerprint density at radius 1 is 1.19 bits per heavy atom. The highest BCUT2D eigenvalue weighted by Gasteiger charge is 2.00. The lowest BCUT2D eigenvalue weighted by Crippen LogP contribution is -2.39. The second-order valence-corrected chi connectivity index (χ2v) is 5.33. The molecule has 0 aromatic heterocycles. The first kappa shape index (κ1) is 20.5. The number of benzene rings is 1. The van der Waals surface area contributed by atoms with Crippen LogP contribution >= 0.6 is 35.6 Å². The van der Waals surface area contributed by atoms with Gasteiger partial charge in [-0.1, -0.05) is 29.8 Å². The fraction of sp³-hybridized carbons (Fsp3) is 0.533. The molecule has 0 atom stereocenters. The van der Waals surface area contributed by atoms with Crippen LogP contribution in [0.5, 0.6) is 0 Å². The van der Waals surface area contributed by atoms with Crippen molar-refractivity contribution >= 4 is 41.5 Å². The van der Waals surface area contributed by atoms with Crippen molar-refractivity contribution < 1.29 is 0 Å². The van der Waals surface area contributed by atoms with Gasteiger partial charge in [0.1, 0.15) is 0 Å². The van der Waals surface area contributed by atoms with Gasteiger partial charge in [-0.05, 0) is 45.1 Å². The van der Waals surface area contributed by atoms with E-state index < -0.39 is 0 Å². The lowest BCUT2D eigenvalue weighted by atomic mass is 10.1. The number of nitrogens with one attached hydrogen (secondary N) is 2. The van der Waals surface area contributed by atoms with Gasteiger partial charge in [-0.25, -0.2) is 0 Å². The van der Waals surface area contributed by atoms with Gasteiger partial charge in [-0.2, -0.15) is 0 Å². The van der Waals surface area contributed by atoms with Crippen molar-refractivity contribution in [2.24, 2.45) is 4.99 Å². The normalized spacial score (nSPS) is 11.2. The molecule has 4 nitrogen and oxygen atoms in total. The summed E-state index contributed by atoms with van der Waals surface area (Å²) >= 11 is 6.13. The molecule has 1 rings (SSSR count). The van der Waals surface area contributed by atoms with Gasteiger partial charge < -0.3 is 15.5 Å². The Morgan fingerprint density at radius 2 is 1.86 bits per heavy atom. The summed E-state index contributed by atoms with van der Waals surface area (Å²) in [6.07, 6.45) is 1.98. The van der Waals surface area contributed by atoms with Crippen molar-refractivity contribution in [2.45, 2.75) is 12.8 Å². The standard InChI is InChI=1S/C15H25ClN4.HI/c1-17-15(18-10-6-12-20(2)3)19-11-9-13-7-4-5-8-14(13)16;/h4-5,7-8H,6,9-12H2,1-3H3,(H2,17,18,19);1H. The van der Waals surface area contributed by atoms with Crippen LogP contribution in [-0.2, 0) is 6.42 Å². The number of rotatable bonds is 7. The smallest absolute Gasteiger partial charge is 0.190 e. The predicted octanol–water partition coefficient (Wildman–Crippen LogP) is 2.62. The Balaban J connectivity index is 0.00000400. The lowest BCUT2D eigenvalue weighted by molar-refractivity contribution is 0.399. The maximum absolute atomic E-state index is 6.13. The van der Waals surface area contributed by atoms with Gasteiger partial charge in [0.05, 0.1) is 0 Å². The van der Waals surface area contributed by atoms with E-state index in [0.717, 1.165) is 49.0 Å². The summed E-state index contributed by atoms with van der Waals surface area (Å²) in [5.41, 5.74) is 1.16. The van der Waals surface area contributed by atoms with Crippen molar-refractivity contribution in [3.8, 4) is 0 Å². The van der Waals surface area contributed by atoms with Gasteiger partial charge >= 0.3 is 0 Å². The van der Waals surface area contributed by atoms with Gasteiger partial charge in [0.15, 0.2) is 5.96 Å². The minimum Gasteiger partial charge on any atom is -0.356 e. The Hall–Kier alpha value is -0.530. The highest BCUT2D eigenvalue weighted by molar-refractivity contribution is 14.0. The molecule has 0 aliphatic carbocycles. The predicted molar refractivity (Wildman–Crippen MR) is 103 cm³/mol. The number of guanidine groups is 1. The van der Waals surface area contributed by atoms with Crippen LogP contribution in [0.4, 0.5) is 0 Å². The molecule has 1 aromatic carbocycles. The zero-order valence-corrected chi connectivity index (χ0v) is 16.1. The quantitative estimate of drug-likeness (QED) is 0.306. The fourth-order valence-electron chi connectivity index (χ4n) is 1.84. The van der Waals surface area contributed by atoms with Crippen molar-refractivity contribution in [1.82, 2.24) is 15.5 Å². The van der Waals surface area contributed by atoms with Gasteiger partial charge in [-0.15, -0.1) is 24.0 Å². The molecule has 0 heterocycles. The molecule has 0 spiro atoms. The van der Waals surface area contributed by atoms with E-state index in [2.05, 4.69) is 40.7 Å². The first-order valence-corrected chi connectivity index (χ1v) is 7.34. The molecular formula is C15H26ClIN4. The SMILES string of the molecule is CN=C(NCCCN(C)C)NCCc1ccccc1Cl.I. The molecular weight excluding hydrogens is 399 g/mol. The van der Waals surface area contributed by atoms with E-state index in [0.29, 0.717) is 0 Å². The molecule has 0 saturated carbocycles. The molecule has 0 radical (unpaired) electrons. The summed E-state index contributed by atoms with van der Waals surface area (Å²) in [7, 11) is 5.95. The van der Waals surface area contributed by atoms with E-state index in [-0.39, 0.29) is 24.0 Å². The van der Waals surface area contributed by atoms with Crippen LogP contribution in [0, 0.1) is 0 Å². The molecule has 0 saturated heterocycles. The highest BCUT2D eigenvalue weighted by Crippen LogP contribution is 2.14. The van der Waals surface area contributed by atoms with Crippen molar-refractivity contribution in [1.29, 1.82) is 0 Å². The Kier molecular flexibility index (Phi) is 11.8. The van der Waals surface area contributed by atoms with Gasteiger partial charge in [0, 0.05) is 25.2 Å². The van der Waals surface area contributed by atoms with Gasteiger partial charge in [0.25, 0.3) is 0 Å². The Morgan fingerprint density at radius 3 is 2.48 bits per heavy atom. The molecule has 0 aliphatic heterocycles. The zero-order valence-electron chi connectivity index (χ0n) is 13.0. The van der Waals surface area contributed by atoms with Crippen LogP contribution in [0.1, 0.15) is 12.0 Å². The number of nitrogens with zero attached hydrogens (tertiary/aromatic N) is 2. The van der Waals surface area contributed by atoms with Crippen molar-refractivity contribution in [3.63, 3.8) is 0 Å². The number of halogens is 2. The molecule has 1 aromatic rings. The summed E-state index contributed by atoms with van der Waals surface area (Å²) in [6, 6.07) is 7.93. The lowest BCUT2D eigenvalue weighted by Gasteiger charge is -2.13. The molecule has 0 amide bonds. The average molecular weight is 425 g/mol. The number of hydrogen-bond acceptors (Lipinski definition) is 2. The summed E-state index contributed by atoms with van der Waals surface area (Å²) in [6.45, 7) is 2.81. The zero-order chi connectivity index (χ0) is 14.8. The van der Waals surface area contributed by atoms with Gasteiger partial charge in [0.2, 0.25) is 0 Å². The van der Waals surface area contributed by atoms with E-state index in [1.165, 1.54) is 0 Å². The Bertz CT molecular complexity index is 424. The molecule has 0 aliphatic rings. The van der Waals surface area contributed by atoms with E-state index in [1.807, 2.05) is 18.2 Å². The molecule has 120 valence electrons. The largest absolute Gasteiger partial charge is 0.356 e. The molecule has 0 bridgehead atoms. The van der Waals surface area contributed by atoms with E-state index in [1.54, 1.807) is 7.05 Å². The third-order valence-corrected chi connectivity index (χ3v) is 3.31. The van der Waals surface area contributed by atoms with Crippen LogP contribution in [-0.4, -0.2) is 51.6 Å². The molecule has 2 N–H and O–H groups in total. The minimum absolute atomic E-state index is 0. The third-order valence-electron chi connectivity index (χ3n) is 2.94. The number of aliphatic imine (C=N–C) groups is 1. The van der Waals surface area contributed by atoms with Crippen molar-refractivity contribution in [2.75, 3.05) is 40.8 Å². The third kappa shape index (κ3) is 9.16. The van der Waals surface area contributed by atoms with Crippen LogP contribution in [0.3, 0.4) is 0 Å². The Labute approximate surface area is 150 Å². The van der Waals surface area contributed by atoms with Crippen LogP contribution in [0.2, 0.25) is 5.02 Å². The fourth-order valence-corrected chi connectivity index (χ4v) is 2.07. The maximum Gasteiger partial charge on any atom is 0.190 e. The van der Waals surface area contributed by atoms with Crippen LogP contribution in [0.15, 0.2) is 29.3 Å². The van der Waals surface area contributed by atoms with Crippen LogP contribution < -0.4 is 10.6 Å². The van der Waals surface area contributed by atoms with E-state index in [4.69, 9.17) is 11.6 Å². The molecule has 21 heavy (non-hydrogen) atoms. The molecule has 6 heteroatoms. The van der Waals surface area contributed by atoms with Crippen molar-refractivity contribution in [3.05, 3.63) is 34.9 Å². The van der Waals surface area contributed by atoms with E-state index >= 15 is 0 Å². The molecule has 0 unspecified atom stereocenters.